The number of ether oxygens (including phenoxy) is 1. The minimum absolute atomic E-state index is 0.0333. The quantitative estimate of drug-likeness (QED) is 0.147. The number of imidazole rings is 1. The molecule has 0 saturated carbocycles. The highest BCUT2D eigenvalue weighted by Gasteiger charge is 2.42. The first-order valence-corrected chi connectivity index (χ1v) is 12.3. The number of aliphatic carboxylic acids is 1. The fraction of sp³-hybridized carbons (Fsp3) is 0.565. The van der Waals surface area contributed by atoms with Crippen molar-refractivity contribution in [1.29, 1.82) is 0 Å². The van der Waals surface area contributed by atoms with E-state index in [1.807, 2.05) is 0 Å². The number of aromatic nitrogens is 4. The molecule has 16 heteroatoms. The van der Waals surface area contributed by atoms with Gasteiger partial charge in [0, 0.05) is 6.04 Å². The van der Waals surface area contributed by atoms with Crippen molar-refractivity contribution < 1.29 is 34.4 Å². The summed E-state index contributed by atoms with van der Waals surface area (Å²) in [6, 6.07) is -3.82. The highest BCUT2D eigenvalue weighted by atomic mass is 16.5. The van der Waals surface area contributed by atoms with Crippen LogP contribution in [0.15, 0.2) is 24.5 Å². The molecule has 39 heavy (non-hydrogen) atoms. The Labute approximate surface area is 223 Å². The smallest absolute Gasteiger partial charge is 0.325 e. The van der Waals surface area contributed by atoms with Crippen LogP contribution in [0.2, 0.25) is 0 Å². The third-order valence-corrected chi connectivity index (χ3v) is 6.33. The molecule has 0 unspecified atom stereocenters. The number of nitrogen functional groups attached to an aromatic ring is 1. The maximum Gasteiger partial charge on any atom is 0.325 e. The Balaban J connectivity index is 1.59. The van der Waals surface area contributed by atoms with Crippen molar-refractivity contribution >= 4 is 34.8 Å². The number of carboxylic acid groups (broad SMARTS) is 1. The summed E-state index contributed by atoms with van der Waals surface area (Å²) in [4.78, 5) is 48.2. The first-order valence-electron chi connectivity index (χ1n) is 12.3. The minimum atomic E-state index is -1.38. The van der Waals surface area contributed by atoms with Crippen molar-refractivity contribution in [2.45, 2.75) is 76.2 Å². The van der Waals surface area contributed by atoms with Gasteiger partial charge in [0.2, 0.25) is 18.0 Å². The number of carboxylic acids is 1. The lowest BCUT2D eigenvalue weighted by atomic mass is 10.0. The van der Waals surface area contributed by atoms with E-state index in [1.165, 1.54) is 30.2 Å². The van der Waals surface area contributed by atoms with E-state index < -0.39 is 60.4 Å². The van der Waals surface area contributed by atoms with Gasteiger partial charge in [-0.25, -0.2) is 15.0 Å². The van der Waals surface area contributed by atoms with Crippen molar-refractivity contribution in [3.8, 4) is 0 Å². The van der Waals surface area contributed by atoms with Crippen LogP contribution in [-0.4, -0.2) is 89.0 Å². The van der Waals surface area contributed by atoms with Gasteiger partial charge >= 0.3 is 5.97 Å². The molecule has 3 heterocycles. The summed E-state index contributed by atoms with van der Waals surface area (Å²) >= 11 is 0. The third-order valence-electron chi connectivity index (χ3n) is 6.33. The lowest BCUT2D eigenvalue weighted by Gasteiger charge is -2.24. The number of nitrogens with zero attached hydrogens (tertiary/aromatic N) is 4. The molecule has 1 aliphatic rings. The summed E-state index contributed by atoms with van der Waals surface area (Å²) in [6.07, 6.45) is 0.588. The molecule has 1 saturated heterocycles. The van der Waals surface area contributed by atoms with E-state index in [4.69, 9.17) is 27.0 Å². The molecule has 11 N–H and O–H groups in total. The summed E-state index contributed by atoms with van der Waals surface area (Å²) in [5.74, 6) is -2.59. The number of hydrogen-bond donors (Lipinski definition) is 8. The van der Waals surface area contributed by atoms with Gasteiger partial charge in [0.05, 0.1) is 6.04 Å². The normalized spacial score (nSPS) is 23.3. The highest BCUT2D eigenvalue weighted by Crippen LogP contribution is 2.34. The van der Waals surface area contributed by atoms with E-state index in [-0.39, 0.29) is 30.3 Å². The first-order chi connectivity index (χ1) is 18.3. The van der Waals surface area contributed by atoms with Crippen molar-refractivity contribution in [2.24, 2.45) is 17.4 Å². The minimum Gasteiger partial charge on any atom is -0.480 e. The SMILES string of the molecule is CC(C)[C@H](NC(=O)[C@@H](N)CC[C@H](N)C=C1O[C@@H](n2cnc3c(N)ncnc32)[C@H](O)[C@@H]1O)C(=O)N[C@@H](C)C(=O)O. The molecule has 16 nitrogen and oxygen atoms in total. The lowest BCUT2D eigenvalue weighted by Crippen LogP contribution is -2.55. The van der Waals surface area contributed by atoms with Gasteiger partial charge in [-0.1, -0.05) is 13.8 Å². The number of hydrogen-bond acceptors (Lipinski definition) is 12. The molecule has 2 amide bonds. The highest BCUT2D eigenvalue weighted by molar-refractivity contribution is 5.91. The number of rotatable bonds is 11. The Morgan fingerprint density at radius 2 is 1.79 bits per heavy atom. The summed E-state index contributed by atoms with van der Waals surface area (Å²) in [6.45, 7) is 4.72. The van der Waals surface area contributed by atoms with Crippen LogP contribution in [0, 0.1) is 5.92 Å². The molecule has 1 fully saturated rings. The summed E-state index contributed by atoms with van der Waals surface area (Å²) in [5.41, 5.74) is 18.6. The van der Waals surface area contributed by atoms with Crippen LogP contribution in [0.25, 0.3) is 11.2 Å². The molecule has 0 bridgehead atoms. The second-order valence-corrected chi connectivity index (χ2v) is 9.74. The summed E-state index contributed by atoms with van der Waals surface area (Å²) in [7, 11) is 0. The lowest BCUT2D eigenvalue weighted by molar-refractivity contribution is -0.142. The average molecular weight is 550 g/mol. The van der Waals surface area contributed by atoms with Gasteiger partial charge < -0.3 is 47.9 Å². The number of aliphatic hydroxyl groups is 2. The summed E-state index contributed by atoms with van der Waals surface area (Å²) < 4.78 is 7.19. The van der Waals surface area contributed by atoms with Gasteiger partial charge in [0.1, 0.15) is 48.2 Å². The van der Waals surface area contributed by atoms with E-state index in [2.05, 4.69) is 25.6 Å². The number of carbonyl (C=O) groups excluding carboxylic acids is 2. The van der Waals surface area contributed by atoms with Crippen LogP contribution in [0.5, 0.6) is 0 Å². The predicted molar refractivity (Wildman–Crippen MR) is 137 cm³/mol. The fourth-order valence-corrected chi connectivity index (χ4v) is 3.98. The molecule has 0 spiro atoms. The molecule has 0 aromatic carbocycles. The monoisotopic (exact) mass is 549 g/mol. The fourth-order valence-electron chi connectivity index (χ4n) is 3.98. The molecule has 214 valence electrons. The number of nitrogens with two attached hydrogens (primary N) is 3. The first kappa shape index (κ1) is 29.7. The number of nitrogens with one attached hydrogen (secondary N) is 2. The number of carbonyl (C=O) groups is 3. The van der Waals surface area contributed by atoms with Crippen molar-refractivity contribution in [3.05, 3.63) is 24.5 Å². The zero-order chi connectivity index (χ0) is 29.0. The maximum absolute atomic E-state index is 12.6. The molecule has 1 aliphatic heterocycles. The van der Waals surface area contributed by atoms with Gasteiger partial charge in [-0.05, 0) is 31.8 Å². The average Bonchev–Trinajstić information content (AvgIpc) is 3.42. The van der Waals surface area contributed by atoms with E-state index in [0.29, 0.717) is 11.2 Å². The molecule has 3 rings (SSSR count). The third kappa shape index (κ3) is 6.78. The molecule has 7 atom stereocenters. The van der Waals surface area contributed by atoms with Crippen LogP contribution >= 0.6 is 0 Å². The van der Waals surface area contributed by atoms with Crippen molar-refractivity contribution in [3.63, 3.8) is 0 Å². The molecule has 0 radical (unpaired) electrons. The second kappa shape index (κ2) is 12.3. The van der Waals surface area contributed by atoms with Crippen molar-refractivity contribution in [2.75, 3.05) is 5.73 Å². The maximum atomic E-state index is 12.6. The Bertz CT molecular complexity index is 1230. The van der Waals surface area contributed by atoms with E-state index in [1.54, 1.807) is 13.8 Å². The number of aliphatic hydroxyl groups excluding tert-OH is 2. The predicted octanol–water partition coefficient (Wildman–Crippen LogP) is -2.29. The van der Waals surface area contributed by atoms with Crippen LogP contribution in [-0.2, 0) is 19.1 Å². The Kier molecular flexibility index (Phi) is 9.39. The van der Waals surface area contributed by atoms with Gasteiger partial charge in [-0.15, -0.1) is 0 Å². The van der Waals surface area contributed by atoms with E-state index in [0.717, 1.165) is 0 Å². The standard InChI is InChI=1S/C23H35N9O7/c1-9(2)14(21(36)30-10(3)23(37)38)31-20(35)12(25)5-4-11(24)6-13-16(33)17(34)22(39-13)32-8-29-15-18(26)27-7-28-19(15)32/h6-12,14,16-17,22,33-34H,4-5,24-25H2,1-3H3,(H,30,36)(H,31,35)(H,37,38)(H2,26,27,28)/t10-,11-,12-,14-,16+,17+,22+/m0/s1. The van der Waals surface area contributed by atoms with Gasteiger partial charge in [0.15, 0.2) is 11.5 Å². The van der Waals surface area contributed by atoms with Crippen LogP contribution in [0.4, 0.5) is 5.82 Å². The van der Waals surface area contributed by atoms with Gasteiger partial charge in [0.25, 0.3) is 0 Å². The second-order valence-electron chi connectivity index (χ2n) is 9.74. The van der Waals surface area contributed by atoms with E-state index in [9.17, 15) is 24.6 Å². The topological polar surface area (TPSA) is 267 Å². The molecule has 2 aromatic heterocycles. The van der Waals surface area contributed by atoms with E-state index >= 15 is 0 Å². The van der Waals surface area contributed by atoms with Gasteiger partial charge in [-0.3, -0.25) is 19.0 Å². The zero-order valence-corrected chi connectivity index (χ0v) is 21.8. The van der Waals surface area contributed by atoms with Gasteiger partial charge in [-0.2, -0.15) is 0 Å². The largest absolute Gasteiger partial charge is 0.480 e. The zero-order valence-electron chi connectivity index (χ0n) is 21.8. The number of fused-ring (bicyclic) bond motifs is 1. The number of anilines is 1. The number of amides is 2. The van der Waals surface area contributed by atoms with Crippen LogP contribution < -0.4 is 27.8 Å². The van der Waals surface area contributed by atoms with Crippen LogP contribution in [0.1, 0.15) is 39.8 Å². The van der Waals surface area contributed by atoms with Crippen molar-refractivity contribution in [1.82, 2.24) is 30.2 Å². The van der Waals surface area contributed by atoms with Crippen LogP contribution in [0.3, 0.4) is 0 Å². The molecular formula is C23H35N9O7. The molecular weight excluding hydrogens is 514 g/mol. The molecule has 0 aliphatic carbocycles. The Morgan fingerprint density at radius 1 is 1.10 bits per heavy atom. The Morgan fingerprint density at radius 3 is 2.44 bits per heavy atom. The Hall–Kier alpha value is -3.86. The molecule has 2 aromatic rings. The summed E-state index contributed by atoms with van der Waals surface area (Å²) in [5, 5.41) is 35.0.